The van der Waals surface area contributed by atoms with Crippen molar-refractivity contribution in [2.75, 3.05) is 0 Å². The first-order valence-electron chi connectivity index (χ1n) is 8.37. The maximum absolute atomic E-state index is 12.2. The smallest absolute Gasteiger partial charge is 0.305 e. The first-order valence-corrected chi connectivity index (χ1v) is 8.75. The van der Waals surface area contributed by atoms with Crippen LogP contribution in [-0.2, 0) is 4.79 Å². The maximum Gasteiger partial charge on any atom is 0.305 e. The molecular weight excluding hydrogens is 368 g/mol. The highest BCUT2D eigenvalue weighted by Gasteiger charge is 2.18. The molecule has 140 valence electrons. The average molecular weight is 387 g/mol. The van der Waals surface area contributed by atoms with Gasteiger partial charge in [0.1, 0.15) is 11.3 Å². The van der Waals surface area contributed by atoms with Gasteiger partial charge in [0.25, 0.3) is 5.91 Å². The fourth-order valence-corrected chi connectivity index (χ4v) is 2.68. The fraction of sp³-hybridized carbons (Fsp3) is 0.200. The Hall–Kier alpha value is -2.99. The highest BCUT2D eigenvalue weighted by molar-refractivity contribution is 6.31. The molecular formula is C20H19ClN2O4. The van der Waals surface area contributed by atoms with Crippen molar-refractivity contribution in [2.24, 2.45) is 0 Å². The van der Waals surface area contributed by atoms with Crippen LogP contribution >= 0.6 is 11.6 Å². The number of rotatable bonds is 4. The molecule has 2 amide bonds. The number of ether oxygens (including phenoxy) is 1. The molecule has 0 aliphatic carbocycles. The van der Waals surface area contributed by atoms with Gasteiger partial charge in [0.15, 0.2) is 11.9 Å². The molecule has 1 aromatic heterocycles. The number of hydrogen-bond acceptors (Lipinski definition) is 4. The molecule has 0 unspecified atom stereocenters. The van der Waals surface area contributed by atoms with Crippen LogP contribution in [0, 0.1) is 13.8 Å². The highest BCUT2D eigenvalue weighted by atomic mass is 35.5. The minimum atomic E-state index is -0.791. The summed E-state index contributed by atoms with van der Waals surface area (Å²) < 4.78 is 11.1. The second kappa shape index (κ2) is 7.72. The van der Waals surface area contributed by atoms with Crippen LogP contribution in [0.3, 0.4) is 0 Å². The van der Waals surface area contributed by atoms with E-state index in [1.807, 2.05) is 26.0 Å². The predicted octanol–water partition coefficient (Wildman–Crippen LogP) is 3.93. The van der Waals surface area contributed by atoms with Gasteiger partial charge in [-0.15, -0.1) is 0 Å². The summed E-state index contributed by atoms with van der Waals surface area (Å²) in [7, 11) is 0. The van der Waals surface area contributed by atoms with E-state index < -0.39 is 17.9 Å². The first kappa shape index (κ1) is 18.8. The van der Waals surface area contributed by atoms with Crippen LogP contribution in [0.15, 0.2) is 46.9 Å². The molecule has 27 heavy (non-hydrogen) atoms. The van der Waals surface area contributed by atoms with Crippen molar-refractivity contribution in [3.05, 3.63) is 64.4 Å². The lowest BCUT2D eigenvalue weighted by Crippen LogP contribution is -2.47. The number of carbonyl (C=O) groups excluding carboxylic acids is 2. The quantitative estimate of drug-likeness (QED) is 0.666. The van der Waals surface area contributed by atoms with Crippen LogP contribution in [0.5, 0.6) is 5.75 Å². The lowest BCUT2D eigenvalue weighted by atomic mass is 10.1. The Kier molecular flexibility index (Phi) is 5.37. The second-order valence-corrected chi connectivity index (χ2v) is 6.63. The average Bonchev–Trinajstić information content (AvgIpc) is 3.06. The summed E-state index contributed by atoms with van der Waals surface area (Å²) in [5.41, 5.74) is 7.22. The molecule has 2 N–H and O–H groups in total. The van der Waals surface area contributed by atoms with Crippen molar-refractivity contribution >= 4 is 34.4 Å². The minimum Gasteiger partial charge on any atom is -0.481 e. The number of hydrazine groups is 1. The number of benzene rings is 2. The van der Waals surface area contributed by atoms with Crippen LogP contribution in [0.25, 0.3) is 11.0 Å². The minimum absolute atomic E-state index is 0.0654. The standard InChI is InChI=1S/C20H19ClN2O4/c1-11-5-4-6-16(12(11)2)26-13(3)19(24)22-23-20(25)18-10-14-9-15(21)7-8-17(14)27-18/h4-10,13H,1-3H3,(H,22,24)(H,23,25)/t13-/m1/s1. The lowest BCUT2D eigenvalue weighted by Gasteiger charge is -2.17. The third-order valence-corrected chi connectivity index (χ3v) is 4.46. The van der Waals surface area contributed by atoms with Gasteiger partial charge in [-0.25, -0.2) is 0 Å². The lowest BCUT2D eigenvalue weighted by molar-refractivity contribution is -0.128. The van der Waals surface area contributed by atoms with Crippen LogP contribution in [0.2, 0.25) is 5.02 Å². The van der Waals surface area contributed by atoms with Gasteiger partial charge in [0.2, 0.25) is 0 Å². The summed E-state index contributed by atoms with van der Waals surface area (Å²) in [5.74, 6) is -0.369. The normalized spacial score (nSPS) is 11.9. The molecule has 0 saturated heterocycles. The Bertz CT molecular complexity index is 1010. The number of fused-ring (bicyclic) bond motifs is 1. The molecule has 1 heterocycles. The Morgan fingerprint density at radius 3 is 2.67 bits per heavy atom. The first-order chi connectivity index (χ1) is 12.8. The molecule has 0 aliphatic heterocycles. The molecule has 3 rings (SSSR count). The summed E-state index contributed by atoms with van der Waals surface area (Å²) in [5, 5.41) is 1.24. The molecule has 6 nitrogen and oxygen atoms in total. The fourth-order valence-electron chi connectivity index (χ4n) is 2.50. The van der Waals surface area contributed by atoms with Crippen LogP contribution in [0.1, 0.15) is 28.6 Å². The summed E-state index contributed by atoms with van der Waals surface area (Å²) in [6.45, 7) is 5.49. The Labute approximate surface area is 161 Å². The zero-order valence-corrected chi connectivity index (χ0v) is 15.9. The number of halogens is 1. The molecule has 0 bridgehead atoms. The summed E-state index contributed by atoms with van der Waals surface area (Å²) in [6.07, 6.45) is -0.791. The van der Waals surface area contributed by atoms with Gasteiger partial charge in [-0.05, 0) is 62.2 Å². The van der Waals surface area contributed by atoms with Crippen molar-refractivity contribution in [2.45, 2.75) is 26.9 Å². The molecule has 0 saturated carbocycles. The molecule has 0 radical (unpaired) electrons. The van der Waals surface area contributed by atoms with Crippen molar-refractivity contribution in [3.8, 4) is 5.75 Å². The SMILES string of the molecule is Cc1cccc(O[C@H](C)C(=O)NNC(=O)c2cc3cc(Cl)ccc3o2)c1C. The Morgan fingerprint density at radius 1 is 1.11 bits per heavy atom. The molecule has 0 fully saturated rings. The van der Waals surface area contributed by atoms with E-state index in [9.17, 15) is 9.59 Å². The van der Waals surface area contributed by atoms with Crippen LogP contribution in [0.4, 0.5) is 0 Å². The molecule has 0 spiro atoms. The molecule has 2 aromatic carbocycles. The van der Waals surface area contributed by atoms with E-state index in [1.165, 1.54) is 0 Å². The third kappa shape index (κ3) is 4.23. The zero-order chi connectivity index (χ0) is 19.6. The number of hydrogen-bond donors (Lipinski definition) is 2. The number of amides is 2. The predicted molar refractivity (Wildman–Crippen MR) is 103 cm³/mol. The maximum atomic E-state index is 12.2. The summed E-state index contributed by atoms with van der Waals surface area (Å²) in [4.78, 5) is 24.4. The van der Waals surface area contributed by atoms with E-state index in [1.54, 1.807) is 37.3 Å². The van der Waals surface area contributed by atoms with Crippen LogP contribution < -0.4 is 15.6 Å². The Morgan fingerprint density at radius 2 is 1.89 bits per heavy atom. The Balaban J connectivity index is 1.60. The van der Waals surface area contributed by atoms with Crippen LogP contribution in [-0.4, -0.2) is 17.9 Å². The third-order valence-electron chi connectivity index (χ3n) is 4.23. The van der Waals surface area contributed by atoms with Gasteiger partial charge >= 0.3 is 5.91 Å². The van der Waals surface area contributed by atoms with Gasteiger partial charge < -0.3 is 9.15 Å². The van der Waals surface area contributed by atoms with Gasteiger partial charge in [0, 0.05) is 10.4 Å². The van der Waals surface area contributed by atoms with E-state index in [4.69, 9.17) is 20.8 Å². The number of carbonyl (C=O) groups is 2. The van der Waals surface area contributed by atoms with Gasteiger partial charge in [-0.2, -0.15) is 0 Å². The number of furan rings is 1. The molecule has 1 atom stereocenters. The van der Waals surface area contributed by atoms with E-state index >= 15 is 0 Å². The molecule has 0 aliphatic rings. The van der Waals surface area contributed by atoms with Gasteiger partial charge in [-0.3, -0.25) is 20.4 Å². The molecule has 3 aromatic rings. The largest absolute Gasteiger partial charge is 0.481 e. The van der Waals surface area contributed by atoms with Gasteiger partial charge in [-0.1, -0.05) is 23.7 Å². The summed E-state index contributed by atoms with van der Waals surface area (Å²) >= 11 is 5.92. The van der Waals surface area contributed by atoms with E-state index in [2.05, 4.69) is 10.9 Å². The summed E-state index contributed by atoms with van der Waals surface area (Å²) in [6, 6.07) is 12.2. The van der Waals surface area contributed by atoms with E-state index in [0.717, 1.165) is 11.1 Å². The van der Waals surface area contributed by atoms with Crippen molar-refractivity contribution in [3.63, 3.8) is 0 Å². The van der Waals surface area contributed by atoms with E-state index in [-0.39, 0.29) is 5.76 Å². The molecule has 7 heteroatoms. The van der Waals surface area contributed by atoms with Gasteiger partial charge in [0.05, 0.1) is 0 Å². The van der Waals surface area contributed by atoms with Crippen molar-refractivity contribution in [1.82, 2.24) is 10.9 Å². The highest BCUT2D eigenvalue weighted by Crippen LogP contribution is 2.23. The zero-order valence-electron chi connectivity index (χ0n) is 15.1. The van der Waals surface area contributed by atoms with E-state index in [0.29, 0.717) is 21.7 Å². The van der Waals surface area contributed by atoms with Crippen molar-refractivity contribution < 1.29 is 18.7 Å². The topological polar surface area (TPSA) is 80.6 Å². The monoisotopic (exact) mass is 386 g/mol. The number of aryl methyl sites for hydroxylation is 1. The van der Waals surface area contributed by atoms with Crippen molar-refractivity contribution in [1.29, 1.82) is 0 Å². The number of nitrogens with one attached hydrogen (secondary N) is 2. The second-order valence-electron chi connectivity index (χ2n) is 6.19.